The van der Waals surface area contributed by atoms with Gasteiger partial charge >= 0.3 is 0 Å². The van der Waals surface area contributed by atoms with Gasteiger partial charge in [0.15, 0.2) is 0 Å². The summed E-state index contributed by atoms with van der Waals surface area (Å²) in [5, 5.41) is 12.2. The van der Waals surface area contributed by atoms with Crippen LogP contribution in [0.4, 0.5) is 0 Å². The Morgan fingerprint density at radius 3 is 1.33 bits per heavy atom. The Hall–Kier alpha value is 3.97. The largest absolute Gasteiger partial charge is 0.389 e. The van der Waals surface area contributed by atoms with E-state index in [0.717, 1.165) is 67.6 Å². The van der Waals surface area contributed by atoms with E-state index >= 15 is 0 Å². The topological polar surface area (TPSA) is 82.2 Å². The molecule has 2 aliphatic rings. The lowest BCUT2D eigenvalue weighted by atomic mass is 9.90. The molecule has 0 aliphatic carbocycles. The number of rotatable bonds is 28. The van der Waals surface area contributed by atoms with E-state index in [1.165, 1.54) is 17.6 Å². The second kappa shape index (κ2) is 51.9. The maximum Gasteiger partial charge on any atom is 0.0920 e. The van der Waals surface area contributed by atoms with E-state index in [9.17, 15) is 5.11 Å². The standard InChI is InChI=1S/C21H40O4S2.C10H18O.C6H14O2S2.C5H12S3.C2H6.2CH4IP/c1-17(2)7-6-9-20(4,22)19(8-10-21(5)18(3)25-21)27-16-14-24-12-11-23-13-15-26;1-8(2)6-5-7-10(4)9(3)11-10;9-5-3-7-1-2-8-4-6-10;1-3(6)5(8)4(2)7;1-2;2*1-3-2/h7,18-19,22,26H,6,8-16H2,1-5H3;6,9H,5,7H2,1-4H3;9-10H,1-6H2;3-8H,1-2H3;1-2H3;2*3H,1H3. The van der Waals surface area contributed by atoms with Crippen LogP contribution >= 0.6 is 144 Å². The van der Waals surface area contributed by atoms with Crippen molar-refractivity contribution in [2.45, 2.75) is 179 Å². The van der Waals surface area contributed by atoms with Crippen LogP contribution < -0.4 is 0 Å². The van der Waals surface area contributed by atoms with E-state index in [0.29, 0.717) is 80.8 Å². The van der Waals surface area contributed by atoms with Gasteiger partial charge in [0.25, 0.3) is 0 Å². The molecular weight excluding hydrogens is 1200 g/mol. The van der Waals surface area contributed by atoms with Crippen molar-refractivity contribution in [3.8, 4) is 0 Å². The lowest BCUT2D eigenvalue weighted by molar-refractivity contribution is 0.0445. The molecule has 64 heavy (non-hydrogen) atoms. The first kappa shape index (κ1) is 76.9. The van der Waals surface area contributed by atoms with Gasteiger partial charge in [-0.3, -0.25) is 0 Å². The molecule has 1 N–H and O–H groups in total. The summed E-state index contributed by atoms with van der Waals surface area (Å²) in [6, 6.07) is 0. The van der Waals surface area contributed by atoms with Gasteiger partial charge in [-0.05, 0) is 114 Å². The summed E-state index contributed by atoms with van der Waals surface area (Å²) in [4.78, 5) is 0. The molecular formula is C46H98I2O7P2S7. The van der Waals surface area contributed by atoms with Crippen LogP contribution in [0.2, 0.25) is 0 Å². The quantitative estimate of drug-likeness (QED) is 0.0104. The predicted octanol–water partition coefficient (Wildman–Crippen LogP) is 14.5. The van der Waals surface area contributed by atoms with Crippen LogP contribution in [-0.2, 0) is 28.4 Å². The number of aliphatic hydroxyl groups is 1. The monoisotopic (exact) mass is 1300 g/mol. The zero-order valence-electron chi connectivity index (χ0n) is 42.6. The molecule has 2 rings (SSSR count). The highest BCUT2D eigenvalue weighted by Gasteiger charge is 2.49. The second-order valence-corrected chi connectivity index (χ2v) is 28.1. The average molecular weight is 1300 g/mol. The molecule has 0 amide bonds. The molecule has 10 atom stereocenters. The van der Waals surface area contributed by atoms with Gasteiger partial charge in [0, 0.05) is 44.0 Å². The Morgan fingerprint density at radius 1 is 0.703 bits per heavy atom. The van der Waals surface area contributed by atoms with Crippen LogP contribution in [0.25, 0.3) is 0 Å². The van der Waals surface area contributed by atoms with Crippen molar-refractivity contribution in [3.05, 3.63) is 23.3 Å². The molecule has 2 fully saturated rings. The highest BCUT2D eigenvalue weighted by atomic mass is 127. The maximum absolute atomic E-state index is 11.1. The number of thioether (sulfide) groups is 1. The lowest BCUT2D eigenvalue weighted by Gasteiger charge is -2.33. The van der Waals surface area contributed by atoms with Crippen LogP contribution in [0.15, 0.2) is 23.3 Å². The summed E-state index contributed by atoms with van der Waals surface area (Å²) in [6.07, 6.45) is 13.4. The average Bonchev–Trinajstić information content (AvgIpc) is 4.05. The summed E-state index contributed by atoms with van der Waals surface area (Å²) in [7, 11) is 0. The van der Waals surface area contributed by atoms with Crippen LogP contribution in [0.1, 0.15) is 129 Å². The number of epoxide rings is 2. The third kappa shape index (κ3) is 52.3. The number of ether oxygens (including phenoxy) is 6. The summed E-state index contributed by atoms with van der Waals surface area (Å²) in [5.74, 6) is 3.16. The van der Waals surface area contributed by atoms with Crippen molar-refractivity contribution in [3.63, 3.8) is 0 Å². The van der Waals surface area contributed by atoms with Gasteiger partial charge in [-0.2, -0.15) is 87.5 Å². The van der Waals surface area contributed by atoms with Gasteiger partial charge in [0.1, 0.15) is 0 Å². The molecule has 2 aliphatic heterocycles. The molecule has 0 aromatic carbocycles. The third-order valence-electron chi connectivity index (χ3n) is 9.48. The van der Waals surface area contributed by atoms with E-state index in [2.05, 4.69) is 201 Å². The van der Waals surface area contributed by atoms with Crippen molar-refractivity contribution >= 4 is 144 Å². The molecule has 7 nitrogen and oxygen atoms in total. The van der Waals surface area contributed by atoms with Crippen molar-refractivity contribution in [1.29, 1.82) is 0 Å². The van der Waals surface area contributed by atoms with Gasteiger partial charge in [-0.25, -0.2) is 0 Å². The summed E-state index contributed by atoms with van der Waals surface area (Å²) in [5.41, 5.74) is 2.21. The minimum absolute atomic E-state index is 0.00434. The SMILES string of the molecule is CC.CC(C)=CCCC(C)(O)C(CCC1(C)OC1C)SCCOCCOCCS.CC(C)=CCCC1(C)OC1C.CC(S)C(S)C(C)S.CPI.CPI.SCCOCCOCCS. The van der Waals surface area contributed by atoms with E-state index in [-0.39, 0.29) is 16.5 Å². The first-order valence-electron chi connectivity index (χ1n) is 22.7. The number of hydrogen-bond donors (Lipinski definition) is 7. The Morgan fingerprint density at radius 2 is 1.03 bits per heavy atom. The predicted molar refractivity (Wildman–Crippen MR) is 334 cm³/mol. The minimum Gasteiger partial charge on any atom is -0.389 e. The first-order chi connectivity index (χ1) is 30.1. The summed E-state index contributed by atoms with van der Waals surface area (Å²) >= 11 is 31.2. The lowest BCUT2D eigenvalue weighted by Crippen LogP contribution is -2.38. The smallest absolute Gasteiger partial charge is 0.0920 e. The van der Waals surface area contributed by atoms with E-state index in [1.807, 2.05) is 46.4 Å². The number of thiol groups is 6. The minimum atomic E-state index is -0.694. The molecule has 0 bridgehead atoms. The maximum atomic E-state index is 11.1. The fourth-order valence-corrected chi connectivity index (χ4v) is 7.51. The van der Waals surface area contributed by atoms with Gasteiger partial charge in [-0.1, -0.05) is 108 Å². The first-order valence-corrected chi connectivity index (χ1v) is 36.5. The Labute approximate surface area is 463 Å². The molecule has 0 saturated carbocycles. The summed E-state index contributed by atoms with van der Waals surface area (Å²) < 4.78 is 32.4. The molecule has 0 aromatic rings. The zero-order chi connectivity index (χ0) is 50.6. The molecule has 0 spiro atoms. The van der Waals surface area contributed by atoms with E-state index in [1.54, 1.807) is 0 Å². The molecule has 0 radical (unpaired) electrons. The fourth-order valence-electron chi connectivity index (χ4n) is 5.21. The number of allylic oxidation sites excluding steroid dienone is 4. The van der Waals surface area contributed by atoms with Crippen molar-refractivity contribution in [2.75, 3.05) is 89.2 Å². The molecule has 18 heteroatoms. The van der Waals surface area contributed by atoms with E-state index < -0.39 is 5.60 Å². The second-order valence-electron chi connectivity index (χ2n) is 16.0. The molecule has 2 heterocycles. The zero-order valence-corrected chi connectivity index (χ0v) is 55.1. The number of halogens is 2. The molecule has 2 saturated heterocycles. The van der Waals surface area contributed by atoms with E-state index in [4.69, 9.17) is 28.4 Å². The van der Waals surface area contributed by atoms with Crippen LogP contribution in [-0.4, -0.2) is 144 Å². The van der Waals surface area contributed by atoms with Crippen LogP contribution in [0, 0.1) is 0 Å². The highest BCUT2D eigenvalue weighted by molar-refractivity contribution is 14.2. The normalized spacial score (nSPS) is 22.0. The fraction of sp³-hybridized carbons (Fsp3) is 0.913. The van der Waals surface area contributed by atoms with Crippen molar-refractivity contribution in [2.24, 2.45) is 0 Å². The molecule has 0 aromatic heterocycles. The summed E-state index contributed by atoms with van der Waals surface area (Å²) in [6.45, 7) is 36.7. The van der Waals surface area contributed by atoms with Crippen molar-refractivity contribution in [1.82, 2.24) is 0 Å². The highest BCUT2D eigenvalue weighted by Crippen LogP contribution is 2.43. The van der Waals surface area contributed by atoms with Crippen LogP contribution in [0.5, 0.6) is 0 Å². The third-order valence-corrected chi connectivity index (χ3v) is 13.6. The Balaban J connectivity index is -0.000000258. The van der Waals surface area contributed by atoms with Gasteiger partial charge in [0.05, 0.1) is 81.9 Å². The molecule has 10 unspecified atom stereocenters. The Kier molecular flexibility index (Phi) is 62.3. The molecule has 390 valence electrons. The van der Waals surface area contributed by atoms with Gasteiger partial charge in [0.2, 0.25) is 0 Å². The Bertz CT molecular complexity index is 1040. The van der Waals surface area contributed by atoms with Crippen LogP contribution in [0.3, 0.4) is 0 Å². The van der Waals surface area contributed by atoms with Gasteiger partial charge in [-0.15, -0.1) is 0 Å². The van der Waals surface area contributed by atoms with Crippen molar-refractivity contribution < 1.29 is 33.5 Å². The van der Waals surface area contributed by atoms with Gasteiger partial charge < -0.3 is 33.5 Å². The number of hydrogen-bond acceptors (Lipinski definition) is 14.